The summed E-state index contributed by atoms with van der Waals surface area (Å²) in [5.74, 6) is -0.00629. The molecule has 0 amide bonds. The molecule has 0 heterocycles. The highest BCUT2D eigenvalue weighted by Crippen LogP contribution is 2.42. The average Bonchev–Trinajstić information content (AvgIpc) is 3.00. The highest BCUT2D eigenvalue weighted by molar-refractivity contribution is 5.33. The van der Waals surface area contributed by atoms with Crippen LogP contribution in [-0.4, -0.2) is 12.2 Å². The Labute approximate surface area is 82.3 Å². The van der Waals surface area contributed by atoms with E-state index in [-0.39, 0.29) is 11.7 Å². The molecule has 76 valence electrons. The van der Waals surface area contributed by atoms with Crippen LogP contribution in [-0.2, 0) is 0 Å². The van der Waals surface area contributed by atoms with Gasteiger partial charge in [-0.2, -0.15) is 0 Å². The maximum absolute atomic E-state index is 13.6. The van der Waals surface area contributed by atoms with E-state index in [1.165, 1.54) is 7.11 Å². The van der Waals surface area contributed by atoms with Crippen LogP contribution in [0.25, 0.3) is 0 Å². The lowest BCUT2D eigenvalue weighted by Gasteiger charge is -2.12. The Bertz CT molecular complexity index is 334. The fourth-order valence-corrected chi connectivity index (χ4v) is 1.58. The van der Waals surface area contributed by atoms with Gasteiger partial charge in [0.05, 0.1) is 13.2 Å². The molecule has 0 spiro atoms. The minimum Gasteiger partial charge on any atom is -0.494 e. The quantitative estimate of drug-likeness (QED) is 0.803. The van der Waals surface area contributed by atoms with Gasteiger partial charge in [-0.25, -0.2) is 4.39 Å². The smallest absolute Gasteiger partial charge is 0.170 e. The first kappa shape index (κ1) is 9.46. The molecule has 1 aliphatic carbocycles. The first-order chi connectivity index (χ1) is 6.74. The minimum atomic E-state index is -0.676. The van der Waals surface area contributed by atoms with Crippen molar-refractivity contribution in [2.45, 2.75) is 18.9 Å². The zero-order valence-corrected chi connectivity index (χ0v) is 8.03. The Hall–Kier alpha value is -1.09. The van der Waals surface area contributed by atoms with E-state index in [2.05, 4.69) is 0 Å². The summed E-state index contributed by atoms with van der Waals surface area (Å²) in [5, 5.41) is 9.77. The Morgan fingerprint density at radius 3 is 2.79 bits per heavy atom. The molecular formula is C11H13FO2. The van der Waals surface area contributed by atoms with Crippen molar-refractivity contribution in [2.75, 3.05) is 7.11 Å². The third kappa shape index (κ3) is 1.60. The Kier molecular flexibility index (Phi) is 2.42. The lowest BCUT2D eigenvalue weighted by Crippen LogP contribution is -2.03. The number of hydrogen-bond acceptors (Lipinski definition) is 2. The number of methoxy groups -OCH3 is 1. The summed E-state index contributed by atoms with van der Waals surface area (Å²) >= 11 is 0. The average molecular weight is 196 g/mol. The van der Waals surface area contributed by atoms with Crippen LogP contribution in [0.1, 0.15) is 24.5 Å². The summed E-state index contributed by atoms with van der Waals surface area (Å²) in [6.45, 7) is 0. The fourth-order valence-electron chi connectivity index (χ4n) is 1.58. The van der Waals surface area contributed by atoms with Crippen molar-refractivity contribution >= 4 is 0 Å². The number of ether oxygens (including phenoxy) is 1. The van der Waals surface area contributed by atoms with Gasteiger partial charge in [-0.1, -0.05) is 12.1 Å². The highest BCUT2D eigenvalue weighted by atomic mass is 19.1. The molecule has 1 unspecified atom stereocenters. The van der Waals surface area contributed by atoms with Crippen LogP contribution in [0.15, 0.2) is 18.2 Å². The third-order valence-electron chi connectivity index (χ3n) is 2.60. The summed E-state index contributed by atoms with van der Waals surface area (Å²) in [5.41, 5.74) is 0.354. The number of hydrogen-bond donors (Lipinski definition) is 1. The lowest BCUT2D eigenvalue weighted by atomic mass is 10.0. The van der Waals surface area contributed by atoms with Gasteiger partial charge < -0.3 is 9.84 Å². The molecule has 3 heteroatoms. The van der Waals surface area contributed by atoms with Crippen molar-refractivity contribution in [1.82, 2.24) is 0 Å². The largest absolute Gasteiger partial charge is 0.494 e. The van der Waals surface area contributed by atoms with Crippen LogP contribution in [0.3, 0.4) is 0 Å². The van der Waals surface area contributed by atoms with Gasteiger partial charge in [0.1, 0.15) is 0 Å². The van der Waals surface area contributed by atoms with Crippen LogP contribution in [0.5, 0.6) is 5.75 Å². The van der Waals surface area contributed by atoms with Gasteiger partial charge in [0.15, 0.2) is 11.6 Å². The van der Waals surface area contributed by atoms with Crippen molar-refractivity contribution in [3.05, 3.63) is 29.6 Å². The Morgan fingerprint density at radius 1 is 1.50 bits per heavy atom. The molecule has 1 saturated carbocycles. The number of aliphatic hydroxyl groups excluding tert-OH is 1. The van der Waals surface area contributed by atoms with Crippen LogP contribution in [0.2, 0.25) is 0 Å². The number of benzene rings is 1. The first-order valence-corrected chi connectivity index (χ1v) is 4.74. The molecular weight excluding hydrogens is 183 g/mol. The molecule has 1 N–H and O–H groups in total. The Balaban J connectivity index is 2.31. The van der Waals surface area contributed by atoms with Crippen molar-refractivity contribution in [2.24, 2.45) is 5.92 Å². The van der Waals surface area contributed by atoms with Gasteiger partial charge in [-0.15, -0.1) is 0 Å². The predicted molar refractivity (Wildman–Crippen MR) is 50.6 cm³/mol. The van der Waals surface area contributed by atoms with Gasteiger partial charge in [-0.05, 0) is 24.8 Å². The minimum absolute atomic E-state index is 0.196. The SMILES string of the molecule is COc1cccc(C(O)C2CC2)c1F. The zero-order valence-electron chi connectivity index (χ0n) is 8.03. The third-order valence-corrected chi connectivity index (χ3v) is 2.60. The fraction of sp³-hybridized carbons (Fsp3) is 0.455. The van der Waals surface area contributed by atoms with E-state index < -0.39 is 11.9 Å². The van der Waals surface area contributed by atoms with Crippen molar-refractivity contribution < 1.29 is 14.2 Å². The second-order valence-corrected chi connectivity index (χ2v) is 3.65. The van der Waals surface area contributed by atoms with Crippen LogP contribution >= 0.6 is 0 Å². The van der Waals surface area contributed by atoms with Crippen molar-refractivity contribution in [3.8, 4) is 5.75 Å². The van der Waals surface area contributed by atoms with E-state index in [9.17, 15) is 9.50 Å². The summed E-state index contributed by atoms with van der Waals surface area (Å²) < 4.78 is 18.5. The van der Waals surface area contributed by atoms with Crippen LogP contribution < -0.4 is 4.74 Å². The molecule has 0 aromatic heterocycles. The summed E-state index contributed by atoms with van der Waals surface area (Å²) in [4.78, 5) is 0. The van der Waals surface area contributed by atoms with Gasteiger partial charge in [0, 0.05) is 5.56 Å². The monoisotopic (exact) mass is 196 g/mol. The maximum Gasteiger partial charge on any atom is 0.170 e. The summed E-state index contributed by atoms with van der Waals surface area (Å²) in [6, 6.07) is 4.86. The lowest BCUT2D eigenvalue weighted by molar-refractivity contribution is 0.148. The van der Waals surface area contributed by atoms with E-state index in [1.807, 2.05) is 0 Å². The molecule has 0 bridgehead atoms. The van der Waals surface area contributed by atoms with E-state index in [1.54, 1.807) is 18.2 Å². The van der Waals surface area contributed by atoms with Gasteiger partial charge >= 0.3 is 0 Å². The highest BCUT2D eigenvalue weighted by Gasteiger charge is 2.32. The van der Waals surface area contributed by atoms with E-state index >= 15 is 0 Å². The molecule has 0 saturated heterocycles. The molecule has 1 fully saturated rings. The van der Waals surface area contributed by atoms with Gasteiger partial charge in [-0.3, -0.25) is 0 Å². The molecule has 1 aromatic rings. The number of halogens is 1. The summed E-state index contributed by atoms with van der Waals surface area (Å²) in [6.07, 6.45) is 1.29. The van der Waals surface area contributed by atoms with E-state index in [0.29, 0.717) is 5.56 Å². The van der Waals surface area contributed by atoms with Crippen molar-refractivity contribution in [3.63, 3.8) is 0 Å². The molecule has 0 radical (unpaired) electrons. The second-order valence-electron chi connectivity index (χ2n) is 3.65. The molecule has 14 heavy (non-hydrogen) atoms. The topological polar surface area (TPSA) is 29.5 Å². The predicted octanol–water partition coefficient (Wildman–Crippen LogP) is 2.28. The molecule has 1 aromatic carbocycles. The molecule has 2 nitrogen and oxygen atoms in total. The van der Waals surface area contributed by atoms with Crippen molar-refractivity contribution in [1.29, 1.82) is 0 Å². The zero-order chi connectivity index (χ0) is 10.1. The van der Waals surface area contributed by atoms with Crippen LogP contribution in [0.4, 0.5) is 4.39 Å². The summed E-state index contributed by atoms with van der Waals surface area (Å²) in [7, 11) is 1.42. The second kappa shape index (κ2) is 3.58. The van der Waals surface area contributed by atoms with Gasteiger partial charge in [0.25, 0.3) is 0 Å². The number of rotatable bonds is 3. The van der Waals surface area contributed by atoms with Gasteiger partial charge in [0.2, 0.25) is 0 Å². The number of aliphatic hydroxyl groups is 1. The standard InChI is InChI=1S/C11H13FO2/c1-14-9-4-2-3-8(10(9)12)11(13)7-5-6-7/h2-4,7,11,13H,5-6H2,1H3. The normalized spacial score (nSPS) is 17.9. The first-order valence-electron chi connectivity index (χ1n) is 4.74. The van der Waals surface area contributed by atoms with E-state index in [4.69, 9.17) is 4.74 Å². The van der Waals surface area contributed by atoms with E-state index in [0.717, 1.165) is 12.8 Å². The van der Waals surface area contributed by atoms with Crippen LogP contribution in [0, 0.1) is 11.7 Å². The molecule has 0 aliphatic heterocycles. The molecule has 2 rings (SSSR count). The maximum atomic E-state index is 13.6. The molecule has 1 aliphatic rings. The Morgan fingerprint density at radius 2 is 2.21 bits per heavy atom. The molecule has 1 atom stereocenters.